The van der Waals surface area contributed by atoms with Gasteiger partial charge in [0.15, 0.2) is 5.13 Å². The van der Waals surface area contributed by atoms with Gasteiger partial charge in [0, 0.05) is 18.3 Å². The molecule has 0 aliphatic rings. The fourth-order valence-corrected chi connectivity index (χ4v) is 3.02. The van der Waals surface area contributed by atoms with Crippen molar-refractivity contribution in [2.75, 3.05) is 16.0 Å². The molecule has 3 N–H and O–H groups in total. The molecule has 0 unspecified atom stereocenters. The van der Waals surface area contributed by atoms with Gasteiger partial charge in [0.05, 0.1) is 10.2 Å². The van der Waals surface area contributed by atoms with Crippen molar-refractivity contribution in [1.82, 2.24) is 4.98 Å². The molecule has 0 fully saturated rings. The Morgan fingerprint density at radius 2 is 1.79 bits per heavy atom. The highest BCUT2D eigenvalue weighted by molar-refractivity contribution is 7.22. The van der Waals surface area contributed by atoms with Crippen molar-refractivity contribution in [3.05, 3.63) is 48.3 Å². The maximum atomic E-state index is 13.1. The summed E-state index contributed by atoms with van der Waals surface area (Å²) in [7, 11) is 0. The van der Waals surface area contributed by atoms with Crippen molar-refractivity contribution < 1.29 is 14.0 Å². The summed E-state index contributed by atoms with van der Waals surface area (Å²) in [5.74, 6) is -0.619. The van der Waals surface area contributed by atoms with Gasteiger partial charge < -0.3 is 16.0 Å². The van der Waals surface area contributed by atoms with Crippen LogP contribution in [-0.4, -0.2) is 16.9 Å². The molecule has 0 radical (unpaired) electrons. The van der Waals surface area contributed by atoms with Crippen molar-refractivity contribution in [3.8, 4) is 0 Å². The van der Waals surface area contributed by atoms with E-state index in [4.69, 9.17) is 0 Å². The standard InChI is InChI=1S/C16H13FN4O2S/c1-9(22)18-16-21-13-6-5-12(8-14(13)24-16)20-15(23)19-11-4-2-3-10(17)7-11/h2-8H,1H3,(H,18,21,22)(H2,19,20,23). The number of amides is 3. The molecule has 122 valence electrons. The number of hydrogen-bond acceptors (Lipinski definition) is 4. The third kappa shape index (κ3) is 3.85. The molecule has 0 bridgehead atoms. The van der Waals surface area contributed by atoms with Gasteiger partial charge in [0.1, 0.15) is 5.82 Å². The van der Waals surface area contributed by atoms with Crippen LogP contribution in [0.3, 0.4) is 0 Å². The Balaban J connectivity index is 1.72. The maximum absolute atomic E-state index is 13.1. The number of aromatic nitrogens is 1. The van der Waals surface area contributed by atoms with Crippen molar-refractivity contribution in [2.45, 2.75) is 6.92 Å². The van der Waals surface area contributed by atoms with Crippen LogP contribution in [0.15, 0.2) is 42.5 Å². The second-order valence-electron chi connectivity index (χ2n) is 4.97. The fraction of sp³-hybridized carbons (Fsp3) is 0.0625. The summed E-state index contributed by atoms with van der Waals surface area (Å²) in [6, 6.07) is 10.3. The van der Waals surface area contributed by atoms with E-state index >= 15 is 0 Å². The van der Waals surface area contributed by atoms with Crippen LogP contribution in [-0.2, 0) is 4.79 Å². The molecule has 8 heteroatoms. The number of hydrogen-bond donors (Lipinski definition) is 3. The van der Waals surface area contributed by atoms with E-state index in [9.17, 15) is 14.0 Å². The van der Waals surface area contributed by atoms with Gasteiger partial charge in [0.25, 0.3) is 0 Å². The first-order valence-corrected chi connectivity index (χ1v) is 7.83. The summed E-state index contributed by atoms with van der Waals surface area (Å²) in [4.78, 5) is 27.3. The predicted octanol–water partition coefficient (Wildman–Crippen LogP) is 4.04. The lowest BCUT2D eigenvalue weighted by molar-refractivity contribution is -0.114. The lowest BCUT2D eigenvalue weighted by Gasteiger charge is -2.07. The first-order chi connectivity index (χ1) is 11.5. The lowest BCUT2D eigenvalue weighted by Crippen LogP contribution is -2.19. The number of nitrogens with one attached hydrogen (secondary N) is 3. The Hall–Kier alpha value is -3.00. The van der Waals surface area contributed by atoms with E-state index in [1.54, 1.807) is 24.3 Å². The van der Waals surface area contributed by atoms with E-state index in [-0.39, 0.29) is 5.91 Å². The van der Waals surface area contributed by atoms with E-state index in [1.165, 1.54) is 36.5 Å². The molecule has 2 aromatic carbocycles. The molecule has 6 nitrogen and oxygen atoms in total. The number of thiazole rings is 1. The van der Waals surface area contributed by atoms with Crippen LogP contribution >= 0.6 is 11.3 Å². The topological polar surface area (TPSA) is 83.1 Å². The van der Waals surface area contributed by atoms with Gasteiger partial charge in [-0.05, 0) is 36.4 Å². The van der Waals surface area contributed by atoms with Crippen LogP contribution in [0, 0.1) is 5.82 Å². The van der Waals surface area contributed by atoms with Crippen molar-refractivity contribution >= 4 is 50.0 Å². The Morgan fingerprint density at radius 3 is 2.50 bits per heavy atom. The highest BCUT2D eigenvalue weighted by Gasteiger charge is 2.08. The first-order valence-electron chi connectivity index (χ1n) is 7.01. The second kappa shape index (κ2) is 6.63. The Kier molecular flexibility index (Phi) is 4.39. The molecule has 0 spiro atoms. The Morgan fingerprint density at radius 1 is 1.04 bits per heavy atom. The van der Waals surface area contributed by atoms with E-state index < -0.39 is 11.8 Å². The first kappa shape index (κ1) is 15.9. The van der Waals surface area contributed by atoms with Crippen molar-refractivity contribution in [3.63, 3.8) is 0 Å². The lowest BCUT2D eigenvalue weighted by atomic mass is 10.3. The van der Waals surface area contributed by atoms with E-state index in [0.29, 0.717) is 16.5 Å². The van der Waals surface area contributed by atoms with Gasteiger partial charge in [-0.2, -0.15) is 0 Å². The number of rotatable bonds is 3. The number of benzene rings is 2. The molecule has 0 saturated carbocycles. The van der Waals surface area contributed by atoms with E-state index in [0.717, 1.165) is 10.2 Å². The zero-order valence-electron chi connectivity index (χ0n) is 12.6. The third-order valence-electron chi connectivity index (χ3n) is 3.01. The predicted molar refractivity (Wildman–Crippen MR) is 93.0 cm³/mol. The highest BCUT2D eigenvalue weighted by Crippen LogP contribution is 2.28. The van der Waals surface area contributed by atoms with Crippen LogP contribution in [0.2, 0.25) is 0 Å². The fourth-order valence-electron chi connectivity index (χ4n) is 2.07. The number of urea groups is 1. The zero-order chi connectivity index (χ0) is 17.1. The minimum Gasteiger partial charge on any atom is -0.308 e. The van der Waals surface area contributed by atoms with E-state index in [1.807, 2.05) is 0 Å². The number of fused-ring (bicyclic) bond motifs is 1. The van der Waals surface area contributed by atoms with Gasteiger partial charge in [-0.25, -0.2) is 14.2 Å². The number of halogens is 1. The summed E-state index contributed by atoms with van der Waals surface area (Å²) in [5, 5.41) is 8.35. The molecule has 0 aliphatic carbocycles. The summed E-state index contributed by atoms with van der Waals surface area (Å²) in [6.07, 6.45) is 0. The molecular weight excluding hydrogens is 331 g/mol. The average molecular weight is 344 g/mol. The SMILES string of the molecule is CC(=O)Nc1nc2ccc(NC(=O)Nc3cccc(F)c3)cc2s1. The van der Waals surface area contributed by atoms with Crippen LogP contribution in [0.1, 0.15) is 6.92 Å². The van der Waals surface area contributed by atoms with Crippen LogP contribution in [0.4, 0.5) is 25.7 Å². The van der Waals surface area contributed by atoms with Gasteiger partial charge in [0.2, 0.25) is 5.91 Å². The van der Waals surface area contributed by atoms with Gasteiger partial charge >= 0.3 is 6.03 Å². The quantitative estimate of drug-likeness (QED) is 0.670. The summed E-state index contributed by atoms with van der Waals surface area (Å²) in [6.45, 7) is 1.41. The Labute approximate surface area is 140 Å². The number of anilines is 3. The van der Waals surface area contributed by atoms with Gasteiger partial charge in [-0.15, -0.1) is 0 Å². The molecule has 3 amide bonds. The zero-order valence-corrected chi connectivity index (χ0v) is 13.4. The van der Waals surface area contributed by atoms with Gasteiger partial charge in [-0.1, -0.05) is 17.4 Å². The maximum Gasteiger partial charge on any atom is 0.323 e. The van der Waals surface area contributed by atoms with Gasteiger partial charge in [-0.3, -0.25) is 4.79 Å². The molecule has 0 aliphatic heterocycles. The number of carbonyl (C=O) groups excluding carboxylic acids is 2. The van der Waals surface area contributed by atoms with E-state index in [2.05, 4.69) is 20.9 Å². The van der Waals surface area contributed by atoms with Crippen molar-refractivity contribution in [2.24, 2.45) is 0 Å². The molecule has 0 atom stereocenters. The molecular formula is C16H13FN4O2S. The van der Waals surface area contributed by atoms with Crippen LogP contribution in [0.25, 0.3) is 10.2 Å². The van der Waals surface area contributed by atoms with Crippen LogP contribution in [0.5, 0.6) is 0 Å². The molecule has 1 heterocycles. The molecule has 1 aromatic heterocycles. The molecule has 3 aromatic rings. The summed E-state index contributed by atoms with van der Waals surface area (Å²) in [5.41, 5.74) is 1.65. The average Bonchev–Trinajstić information content (AvgIpc) is 2.87. The molecule has 3 rings (SSSR count). The number of nitrogens with zero attached hydrogens (tertiary/aromatic N) is 1. The largest absolute Gasteiger partial charge is 0.323 e. The minimum absolute atomic E-state index is 0.193. The normalized spacial score (nSPS) is 10.4. The molecule has 24 heavy (non-hydrogen) atoms. The minimum atomic E-state index is -0.480. The highest BCUT2D eigenvalue weighted by atomic mass is 32.1. The van der Waals surface area contributed by atoms with Crippen molar-refractivity contribution in [1.29, 1.82) is 0 Å². The smallest absolute Gasteiger partial charge is 0.308 e. The number of carbonyl (C=O) groups is 2. The third-order valence-corrected chi connectivity index (χ3v) is 3.95. The Bertz CT molecular complexity index is 925. The monoisotopic (exact) mass is 344 g/mol. The van der Waals surface area contributed by atoms with Crippen LogP contribution < -0.4 is 16.0 Å². The summed E-state index contributed by atoms with van der Waals surface area (Å²) < 4.78 is 13.9. The molecule has 0 saturated heterocycles. The second-order valence-corrected chi connectivity index (χ2v) is 6.00. The summed E-state index contributed by atoms with van der Waals surface area (Å²) >= 11 is 1.31.